The Balaban J connectivity index is 2.37. The largest absolute Gasteiger partial charge is 0.544 e. The van der Waals surface area contributed by atoms with Gasteiger partial charge in [-0.2, -0.15) is 18.4 Å². The molecule has 22 heavy (non-hydrogen) atoms. The molecule has 1 heterocycles. The maximum absolute atomic E-state index is 12.6. The first-order valence-corrected chi connectivity index (χ1v) is 5.92. The molecule has 0 bridgehead atoms. The van der Waals surface area contributed by atoms with Crippen molar-refractivity contribution >= 4 is 12.0 Å². The lowest BCUT2D eigenvalue weighted by Gasteiger charge is -2.07. The van der Waals surface area contributed by atoms with Crippen molar-refractivity contribution in [3.63, 3.8) is 0 Å². The van der Waals surface area contributed by atoms with E-state index in [9.17, 15) is 23.1 Å². The van der Waals surface area contributed by atoms with Crippen molar-refractivity contribution < 1.29 is 27.5 Å². The van der Waals surface area contributed by atoms with Crippen LogP contribution in [0.25, 0.3) is 17.4 Å². The second-order valence-corrected chi connectivity index (χ2v) is 4.24. The first-order chi connectivity index (χ1) is 10.3. The zero-order chi connectivity index (χ0) is 16.3. The molecular formula is C15H7F3NO3-. The SMILES string of the molecule is N#C/C(=C\c1ccc(-c2cccc(C(F)(F)F)c2)o1)C(=O)[O-]. The number of carbonyl (C=O) groups is 1. The standard InChI is InChI=1S/C15H8F3NO3/c16-15(17,18)11-3-1-2-9(6-11)13-5-4-12(22-13)7-10(8-19)14(20)21/h1-7H,(H,20,21)/p-1/b10-7+. The maximum Gasteiger partial charge on any atom is 0.416 e. The number of benzene rings is 1. The molecule has 0 aliphatic heterocycles. The van der Waals surface area contributed by atoms with Gasteiger partial charge in [-0.25, -0.2) is 0 Å². The number of rotatable bonds is 3. The monoisotopic (exact) mass is 306 g/mol. The Morgan fingerprint density at radius 1 is 1.27 bits per heavy atom. The van der Waals surface area contributed by atoms with Gasteiger partial charge in [-0.1, -0.05) is 12.1 Å². The lowest BCUT2D eigenvalue weighted by atomic mass is 10.1. The minimum absolute atomic E-state index is 0.0214. The van der Waals surface area contributed by atoms with Gasteiger partial charge in [0.25, 0.3) is 0 Å². The number of furan rings is 1. The van der Waals surface area contributed by atoms with Gasteiger partial charge in [-0.3, -0.25) is 0 Å². The van der Waals surface area contributed by atoms with E-state index in [0.717, 1.165) is 18.2 Å². The molecule has 0 fully saturated rings. The van der Waals surface area contributed by atoms with Crippen LogP contribution < -0.4 is 5.11 Å². The molecule has 112 valence electrons. The van der Waals surface area contributed by atoms with Crippen LogP contribution in [0.15, 0.2) is 46.4 Å². The topological polar surface area (TPSA) is 77.1 Å². The number of aliphatic carboxylic acids is 1. The fraction of sp³-hybridized carbons (Fsp3) is 0.0667. The Morgan fingerprint density at radius 2 is 2.00 bits per heavy atom. The molecule has 1 aromatic heterocycles. The van der Waals surface area contributed by atoms with E-state index in [2.05, 4.69) is 0 Å². The molecule has 1 aromatic carbocycles. The molecular weight excluding hydrogens is 299 g/mol. The summed E-state index contributed by atoms with van der Waals surface area (Å²) >= 11 is 0. The van der Waals surface area contributed by atoms with Gasteiger partial charge in [-0.05, 0) is 24.3 Å². The molecule has 0 radical (unpaired) electrons. The highest BCUT2D eigenvalue weighted by atomic mass is 19.4. The van der Waals surface area contributed by atoms with Crippen molar-refractivity contribution in [2.75, 3.05) is 0 Å². The number of hydrogen-bond donors (Lipinski definition) is 0. The van der Waals surface area contributed by atoms with Crippen LogP contribution in [0, 0.1) is 11.3 Å². The van der Waals surface area contributed by atoms with Gasteiger partial charge < -0.3 is 14.3 Å². The van der Waals surface area contributed by atoms with Crippen molar-refractivity contribution in [1.82, 2.24) is 0 Å². The molecule has 0 spiro atoms. The molecule has 0 aliphatic rings. The molecule has 0 amide bonds. The summed E-state index contributed by atoms with van der Waals surface area (Å²) in [6.07, 6.45) is -3.54. The van der Waals surface area contributed by atoms with Crippen LogP contribution in [0.3, 0.4) is 0 Å². The Hall–Kier alpha value is -3.01. The van der Waals surface area contributed by atoms with Crippen molar-refractivity contribution in [1.29, 1.82) is 5.26 Å². The van der Waals surface area contributed by atoms with Crippen molar-refractivity contribution in [3.8, 4) is 17.4 Å². The van der Waals surface area contributed by atoms with Gasteiger partial charge in [0.05, 0.1) is 17.1 Å². The summed E-state index contributed by atoms with van der Waals surface area (Å²) in [6.45, 7) is 0. The van der Waals surface area contributed by atoms with Crippen LogP contribution in [0.1, 0.15) is 11.3 Å². The zero-order valence-electron chi connectivity index (χ0n) is 10.8. The van der Waals surface area contributed by atoms with Crippen LogP contribution >= 0.6 is 0 Å². The molecule has 0 N–H and O–H groups in total. The lowest BCUT2D eigenvalue weighted by molar-refractivity contribution is -0.298. The summed E-state index contributed by atoms with van der Waals surface area (Å²) in [5.74, 6) is -1.53. The minimum Gasteiger partial charge on any atom is -0.544 e. The minimum atomic E-state index is -4.48. The fourth-order valence-electron chi connectivity index (χ4n) is 1.71. The number of hydrogen-bond acceptors (Lipinski definition) is 4. The first kappa shape index (κ1) is 15.4. The van der Waals surface area contributed by atoms with E-state index in [4.69, 9.17) is 9.68 Å². The summed E-state index contributed by atoms with van der Waals surface area (Å²) in [4.78, 5) is 10.6. The van der Waals surface area contributed by atoms with Crippen LogP contribution in [-0.4, -0.2) is 5.97 Å². The molecule has 0 saturated heterocycles. The normalized spacial score (nSPS) is 12.0. The summed E-state index contributed by atoms with van der Waals surface area (Å²) < 4.78 is 43.2. The summed E-state index contributed by atoms with van der Waals surface area (Å²) in [7, 11) is 0. The Labute approximate surface area is 122 Å². The van der Waals surface area contributed by atoms with Gasteiger partial charge in [-0.15, -0.1) is 0 Å². The molecule has 2 aromatic rings. The molecule has 0 atom stereocenters. The molecule has 0 saturated carbocycles. The van der Waals surface area contributed by atoms with E-state index < -0.39 is 23.3 Å². The van der Waals surface area contributed by atoms with E-state index in [1.165, 1.54) is 30.3 Å². The van der Waals surface area contributed by atoms with Crippen molar-refractivity contribution in [3.05, 3.63) is 53.3 Å². The van der Waals surface area contributed by atoms with Gasteiger partial charge >= 0.3 is 6.18 Å². The molecule has 2 rings (SSSR count). The van der Waals surface area contributed by atoms with E-state index in [-0.39, 0.29) is 17.1 Å². The zero-order valence-corrected chi connectivity index (χ0v) is 10.8. The van der Waals surface area contributed by atoms with Crippen molar-refractivity contribution in [2.24, 2.45) is 0 Å². The van der Waals surface area contributed by atoms with Crippen LogP contribution in [-0.2, 0) is 11.0 Å². The quantitative estimate of drug-likeness (QED) is 0.645. The summed E-state index contributed by atoms with van der Waals surface area (Å²) in [5.41, 5.74) is -1.29. The van der Waals surface area contributed by atoms with Gasteiger partial charge in [0.2, 0.25) is 0 Å². The highest BCUT2D eigenvalue weighted by Crippen LogP contribution is 2.32. The average Bonchev–Trinajstić information content (AvgIpc) is 2.92. The van der Waals surface area contributed by atoms with E-state index in [1.807, 2.05) is 0 Å². The third-order valence-electron chi connectivity index (χ3n) is 2.73. The highest BCUT2D eigenvalue weighted by Gasteiger charge is 2.30. The van der Waals surface area contributed by atoms with Crippen LogP contribution in [0.5, 0.6) is 0 Å². The van der Waals surface area contributed by atoms with Crippen LogP contribution in [0.4, 0.5) is 13.2 Å². The van der Waals surface area contributed by atoms with Gasteiger partial charge in [0, 0.05) is 11.6 Å². The predicted molar refractivity (Wildman–Crippen MR) is 67.7 cm³/mol. The van der Waals surface area contributed by atoms with Crippen LogP contribution in [0.2, 0.25) is 0 Å². The third kappa shape index (κ3) is 3.35. The smallest absolute Gasteiger partial charge is 0.416 e. The Bertz CT molecular complexity index is 782. The molecule has 0 unspecified atom stereocenters. The van der Waals surface area contributed by atoms with E-state index >= 15 is 0 Å². The number of halogens is 3. The van der Waals surface area contributed by atoms with E-state index in [1.54, 1.807) is 0 Å². The average molecular weight is 306 g/mol. The molecule has 4 nitrogen and oxygen atoms in total. The Kier molecular flexibility index (Phi) is 4.04. The number of carboxylic acids is 1. The summed E-state index contributed by atoms with van der Waals surface area (Å²) in [6, 6.07) is 8.64. The fourth-order valence-corrected chi connectivity index (χ4v) is 1.71. The second kappa shape index (κ2) is 5.77. The second-order valence-electron chi connectivity index (χ2n) is 4.24. The van der Waals surface area contributed by atoms with Crippen molar-refractivity contribution in [2.45, 2.75) is 6.18 Å². The lowest BCUT2D eigenvalue weighted by Crippen LogP contribution is -2.23. The van der Waals surface area contributed by atoms with Gasteiger partial charge in [0.15, 0.2) is 0 Å². The first-order valence-electron chi connectivity index (χ1n) is 5.92. The summed E-state index contributed by atoms with van der Waals surface area (Å²) in [5, 5.41) is 19.2. The number of carboxylic acid groups (broad SMARTS) is 1. The third-order valence-corrected chi connectivity index (χ3v) is 2.73. The highest BCUT2D eigenvalue weighted by molar-refractivity contribution is 5.94. The Morgan fingerprint density at radius 3 is 2.59 bits per heavy atom. The maximum atomic E-state index is 12.6. The molecule has 7 heteroatoms. The predicted octanol–water partition coefficient (Wildman–Crippen LogP) is 2.62. The number of nitriles is 1. The van der Waals surface area contributed by atoms with E-state index in [0.29, 0.717) is 0 Å². The molecule has 0 aliphatic carbocycles. The number of nitrogens with zero attached hydrogens (tertiary/aromatic N) is 1. The number of alkyl halides is 3. The number of carbonyl (C=O) groups excluding carboxylic acids is 1. The van der Waals surface area contributed by atoms with Gasteiger partial charge in [0.1, 0.15) is 17.6 Å².